The Morgan fingerprint density at radius 1 is 1.06 bits per heavy atom. The van der Waals surface area contributed by atoms with Gasteiger partial charge in [-0.2, -0.15) is 13.2 Å². The molecule has 0 spiro atoms. The second kappa shape index (κ2) is 10.3. The average Bonchev–Trinajstić information content (AvgIpc) is 2.84. The molecular weight excluding hydrogens is 513 g/mol. The van der Waals surface area contributed by atoms with E-state index < -0.39 is 11.7 Å². The Hall–Kier alpha value is -3.40. The fourth-order valence-corrected chi connectivity index (χ4v) is 4.11. The lowest BCUT2D eigenvalue weighted by molar-refractivity contribution is -0.137. The number of alkyl halides is 3. The van der Waals surface area contributed by atoms with E-state index in [4.69, 9.17) is 4.74 Å². The lowest BCUT2D eigenvalue weighted by atomic mass is 10.0. The van der Waals surface area contributed by atoms with E-state index in [0.717, 1.165) is 27.9 Å². The molecule has 0 aliphatic carbocycles. The van der Waals surface area contributed by atoms with Gasteiger partial charge in [0.2, 0.25) is 5.88 Å². The maximum atomic E-state index is 12.7. The summed E-state index contributed by atoms with van der Waals surface area (Å²) in [6.45, 7) is 1.14. The molecule has 1 aromatic carbocycles. The lowest BCUT2D eigenvalue weighted by Gasteiger charge is -2.29. The van der Waals surface area contributed by atoms with Crippen molar-refractivity contribution < 1.29 is 22.7 Å². The van der Waals surface area contributed by atoms with Gasteiger partial charge in [0, 0.05) is 36.0 Å². The van der Waals surface area contributed by atoms with Gasteiger partial charge >= 0.3 is 12.2 Å². The topological polar surface area (TPSA) is 67.4 Å². The smallest absolute Gasteiger partial charge is 0.417 e. The summed E-state index contributed by atoms with van der Waals surface area (Å²) in [6.07, 6.45) is 0.941. The third-order valence-corrected chi connectivity index (χ3v) is 6.27. The maximum absolute atomic E-state index is 12.7. The van der Waals surface area contributed by atoms with Crippen LogP contribution in [0.1, 0.15) is 24.0 Å². The Balaban J connectivity index is 1.39. The van der Waals surface area contributed by atoms with Crippen molar-refractivity contribution in [2.75, 3.05) is 18.4 Å². The summed E-state index contributed by atoms with van der Waals surface area (Å²) in [5.74, 6) is 0.525. The minimum atomic E-state index is -4.45. The highest BCUT2D eigenvalue weighted by molar-refractivity contribution is 9.15. The molecule has 34 heavy (non-hydrogen) atoms. The Morgan fingerprint density at radius 2 is 1.85 bits per heavy atom. The molecule has 0 bridgehead atoms. The summed E-state index contributed by atoms with van der Waals surface area (Å²) in [5, 5.41) is 2.84. The molecule has 0 radical (unpaired) electrons. The van der Waals surface area contributed by atoms with Crippen molar-refractivity contribution in [1.29, 1.82) is 0 Å². The van der Waals surface area contributed by atoms with Crippen molar-refractivity contribution in [1.82, 2.24) is 14.9 Å². The molecule has 0 unspecified atom stereocenters. The number of likely N-dealkylation sites (tertiary alicyclic amines) is 1. The standard InChI is InChI=1S/C24H20BrF3N4O2/c25-22(16-8-11-32(12-9-16)23(33)31-19-4-2-10-29-15-19)17-3-1-5-20(13-17)34-21-7-6-18(14-30-21)24(26,27)28/h1-7,10,13-15H,8-9,11-12H2,(H,31,33). The molecule has 1 saturated heterocycles. The lowest BCUT2D eigenvalue weighted by Crippen LogP contribution is -2.39. The number of carbonyl (C=O) groups excluding carboxylic acids is 1. The van der Waals surface area contributed by atoms with E-state index in [2.05, 4.69) is 31.2 Å². The van der Waals surface area contributed by atoms with E-state index in [1.54, 1.807) is 47.6 Å². The molecule has 4 rings (SSSR count). The third kappa shape index (κ3) is 5.93. The van der Waals surface area contributed by atoms with Gasteiger partial charge in [0.15, 0.2) is 0 Å². The number of hydrogen-bond acceptors (Lipinski definition) is 4. The van der Waals surface area contributed by atoms with Crippen LogP contribution in [0.2, 0.25) is 0 Å². The molecule has 1 N–H and O–H groups in total. The summed E-state index contributed by atoms with van der Waals surface area (Å²) in [5.41, 5.74) is 1.85. The highest BCUT2D eigenvalue weighted by Crippen LogP contribution is 2.34. The van der Waals surface area contributed by atoms with Crippen LogP contribution in [0.5, 0.6) is 11.6 Å². The van der Waals surface area contributed by atoms with Crippen LogP contribution >= 0.6 is 15.9 Å². The van der Waals surface area contributed by atoms with E-state index >= 15 is 0 Å². The maximum Gasteiger partial charge on any atom is 0.417 e. The average molecular weight is 533 g/mol. The Labute approximate surface area is 202 Å². The number of amides is 2. The van der Waals surface area contributed by atoms with Crippen molar-refractivity contribution in [2.24, 2.45) is 0 Å². The minimum absolute atomic E-state index is 0.0712. The second-order valence-electron chi connectivity index (χ2n) is 7.59. The van der Waals surface area contributed by atoms with Crippen LogP contribution in [-0.2, 0) is 6.18 Å². The highest BCUT2D eigenvalue weighted by Gasteiger charge is 2.30. The van der Waals surface area contributed by atoms with Crippen LogP contribution in [0.3, 0.4) is 0 Å². The molecule has 6 nitrogen and oxygen atoms in total. The van der Waals surface area contributed by atoms with Gasteiger partial charge in [0.1, 0.15) is 5.75 Å². The number of pyridine rings is 2. The van der Waals surface area contributed by atoms with Gasteiger partial charge in [0.05, 0.1) is 17.4 Å². The molecule has 1 aliphatic rings. The van der Waals surface area contributed by atoms with E-state index in [1.165, 1.54) is 6.07 Å². The Morgan fingerprint density at radius 3 is 2.50 bits per heavy atom. The second-order valence-corrected chi connectivity index (χ2v) is 8.38. The number of benzene rings is 1. The van der Waals surface area contributed by atoms with Crippen LogP contribution in [0.4, 0.5) is 23.7 Å². The molecule has 2 amide bonds. The molecule has 176 valence electrons. The van der Waals surface area contributed by atoms with Crippen molar-refractivity contribution in [3.63, 3.8) is 0 Å². The van der Waals surface area contributed by atoms with E-state index in [1.807, 2.05) is 6.07 Å². The quantitative estimate of drug-likeness (QED) is 0.404. The summed E-state index contributed by atoms with van der Waals surface area (Å²) in [7, 11) is 0. The zero-order chi connectivity index (χ0) is 24.1. The predicted molar refractivity (Wildman–Crippen MR) is 126 cm³/mol. The van der Waals surface area contributed by atoms with Gasteiger partial charge in [-0.05, 0) is 48.7 Å². The number of hydrogen-bond donors (Lipinski definition) is 1. The summed E-state index contributed by atoms with van der Waals surface area (Å²) < 4.78 is 44.7. The zero-order valence-corrected chi connectivity index (χ0v) is 19.4. The first-order valence-electron chi connectivity index (χ1n) is 10.4. The summed E-state index contributed by atoms with van der Waals surface area (Å²) >= 11 is 3.67. The van der Waals surface area contributed by atoms with Crippen molar-refractivity contribution >= 4 is 32.1 Å². The molecule has 3 heterocycles. The molecule has 3 aromatic rings. The first kappa shape index (κ1) is 23.7. The van der Waals surface area contributed by atoms with Crippen molar-refractivity contribution in [2.45, 2.75) is 19.0 Å². The number of ether oxygens (including phenoxy) is 1. The largest absolute Gasteiger partial charge is 0.439 e. The van der Waals surface area contributed by atoms with Gasteiger partial charge in [-0.15, -0.1) is 0 Å². The van der Waals surface area contributed by atoms with Gasteiger partial charge in [-0.25, -0.2) is 9.78 Å². The number of halogens is 4. The highest BCUT2D eigenvalue weighted by atomic mass is 79.9. The number of carbonyl (C=O) groups is 1. The predicted octanol–water partition coefficient (Wildman–Crippen LogP) is 6.72. The molecular formula is C24H20BrF3N4O2. The first-order chi connectivity index (χ1) is 16.3. The van der Waals surface area contributed by atoms with Crippen LogP contribution < -0.4 is 10.1 Å². The number of nitrogens with zero attached hydrogens (tertiary/aromatic N) is 3. The fourth-order valence-electron chi connectivity index (χ4n) is 3.47. The number of aromatic nitrogens is 2. The fraction of sp³-hybridized carbons (Fsp3) is 0.208. The normalized spacial score (nSPS) is 14.0. The van der Waals surface area contributed by atoms with Gasteiger partial charge in [0.25, 0.3) is 0 Å². The Bertz CT molecular complexity index is 1170. The van der Waals surface area contributed by atoms with Gasteiger partial charge < -0.3 is 15.0 Å². The van der Waals surface area contributed by atoms with Crippen LogP contribution in [0.15, 0.2) is 72.7 Å². The molecule has 0 saturated carbocycles. The van der Waals surface area contributed by atoms with E-state index in [9.17, 15) is 18.0 Å². The SMILES string of the molecule is O=C(Nc1cccnc1)N1CCC(=C(Br)c2cccc(Oc3ccc(C(F)(F)F)cn3)c2)CC1. The summed E-state index contributed by atoms with van der Waals surface area (Å²) in [4.78, 5) is 22.0. The van der Waals surface area contributed by atoms with Crippen molar-refractivity contribution in [3.8, 4) is 11.6 Å². The first-order valence-corrected chi connectivity index (χ1v) is 11.2. The number of rotatable bonds is 4. The Kier molecular flexibility index (Phi) is 7.16. The van der Waals surface area contributed by atoms with Crippen LogP contribution in [0, 0.1) is 0 Å². The van der Waals surface area contributed by atoms with Crippen LogP contribution in [-0.4, -0.2) is 34.0 Å². The van der Waals surface area contributed by atoms with E-state index in [0.29, 0.717) is 37.4 Å². The zero-order valence-electron chi connectivity index (χ0n) is 17.8. The molecule has 1 fully saturated rings. The van der Waals surface area contributed by atoms with E-state index in [-0.39, 0.29) is 11.9 Å². The van der Waals surface area contributed by atoms with Crippen molar-refractivity contribution in [3.05, 3.63) is 83.8 Å². The number of anilines is 1. The van der Waals surface area contributed by atoms with Gasteiger partial charge in [-0.3, -0.25) is 4.98 Å². The molecule has 1 aliphatic heterocycles. The van der Waals surface area contributed by atoms with Crippen LogP contribution in [0.25, 0.3) is 4.48 Å². The minimum Gasteiger partial charge on any atom is -0.439 e. The van der Waals surface area contributed by atoms with Gasteiger partial charge in [-0.1, -0.05) is 33.6 Å². The summed E-state index contributed by atoms with van der Waals surface area (Å²) in [6, 6.07) is 12.7. The number of piperidine rings is 1. The molecule has 2 aromatic heterocycles. The molecule has 0 atom stereocenters. The molecule has 10 heteroatoms. The third-order valence-electron chi connectivity index (χ3n) is 5.25. The number of nitrogens with one attached hydrogen (secondary N) is 1. The number of urea groups is 1. The monoisotopic (exact) mass is 532 g/mol.